The summed E-state index contributed by atoms with van der Waals surface area (Å²) in [6, 6.07) is 7.65. The molecular formula is C20H28N2O3. The Morgan fingerprint density at radius 2 is 2.16 bits per heavy atom. The summed E-state index contributed by atoms with van der Waals surface area (Å²) in [7, 11) is 0. The molecule has 1 saturated heterocycles. The molecule has 0 aliphatic carbocycles. The molecule has 136 valence electrons. The topological polar surface area (TPSA) is 58.6 Å². The first-order valence-electron chi connectivity index (χ1n) is 9.31. The average molecular weight is 344 g/mol. The van der Waals surface area contributed by atoms with Gasteiger partial charge in [0.2, 0.25) is 5.91 Å². The first-order valence-corrected chi connectivity index (χ1v) is 9.31. The van der Waals surface area contributed by atoms with E-state index < -0.39 is 0 Å². The summed E-state index contributed by atoms with van der Waals surface area (Å²) in [6.45, 7) is 6.50. The summed E-state index contributed by atoms with van der Waals surface area (Å²) >= 11 is 0. The molecule has 1 aromatic rings. The van der Waals surface area contributed by atoms with Gasteiger partial charge in [-0.15, -0.1) is 0 Å². The molecule has 0 radical (unpaired) electrons. The predicted molar refractivity (Wildman–Crippen MR) is 96.4 cm³/mol. The van der Waals surface area contributed by atoms with Gasteiger partial charge < -0.3 is 15.0 Å². The van der Waals surface area contributed by atoms with Crippen LogP contribution in [0.4, 0.5) is 0 Å². The highest BCUT2D eigenvalue weighted by molar-refractivity contribution is 5.98. The van der Waals surface area contributed by atoms with Crippen molar-refractivity contribution in [1.82, 2.24) is 10.2 Å². The average Bonchev–Trinajstić information content (AvgIpc) is 2.63. The molecule has 2 heterocycles. The zero-order valence-corrected chi connectivity index (χ0v) is 15.2. The molecular weight excluding hydrogens is 316 g/mol. The van der Waals surface area contributed by atoms with Crippen LogP contribution in [0.25, 0.3) is 0 Å². The van der Waals surface area contributed by atoms with Gasteiger partial charge in [-0.05, 0) is 36.8 Å². The number of fused-ring (bicyclic) bond motifs is 1. The van der Waals surface area contributed by atoms with Crippen molar-refractivity contribution in [2.45, 2.75) is 39.2 Å². The van der Waals surface area contributed by atoms with E-state index in [2.05, 4.69) is 19.2 Å². The molecule has 0 saturated carbocycles. The molecule has 0 aromatic heterocycles. The van der Waals surface area contributed by atoms with Crippen molar-refractivity contribution in [3.05, 3.63) is 35.4 Å². The van der Waals surface area contributed by atoms with Crippen molar-refractivity contribution in [3.63, 3.8) is 0 Å². The van der Waals surface area contributed by atoms with Crippen LogP contribution in [0.15, 0.2) is 24.3 Å². The first-order chi connectivity index (χ1) is 12.1. The summed E-state index contributed by atoms with van der Waals surface area (Å²) in [5.41, 5.74) is 1.80. The van der Waals surface area contributed by atoms with Gasteiger partial charge >= 0.3 is 0 Å². The van der Waals surface area contributed by atoms with Crippen LogP contribution in [0.5, 0.6) is 0 Å². The van der Waals surface area contributed by atoms with Crippen molar-refractivity contribution in [3.8, 4) is 0 Å². The second-order valence-corrected chi connectivity index (χ2v) is 7.42. The van der Waals surface area contributed by atoms with Gasteiger partial charge in [-0.2, -0.15) is 0 Å². The van der Waals surface area contributed by atoms with Crippen LogP contribution in [-0.2, 0) is 16.0 Å². The molecule has 25 heavy (non-hydrogen) atoms. The lowest BCUT2D eigenvalue weighted by Crippen LogP contribution is -2.47. The molecule has 2 aliphatic heterocycles. The minimum absolute atomic E-state index is 0.0435. The monoisotopic (exact) mass is 344 g/mol. The fourth-order valence-corrected chi connectivity index (χ4v) is 3.92. The van der Waals surface area contributed by atoms with E-state index in [1.165, 1.54) is 0 Å². The number of carbonyl (C=O) groups excluding carboxylic acids is 2. The van der Waals surface area contributed by atoms with Gasteiger partial charge in [-0.3, -0.25) is 9.59 Å². The molecule has 5 heteroatoms. The maximum Gasteiger partial charge on any atom is 0.254 e. The van der Waals surface area contributed by atoms with Gasteiger partial charge in [0.1, 0.15) is 0 Å². The van der Waals surface area contributed by atoms with E-state index in [1.807, 2.05) is 24.3 Å². The predicted octanol–water partition coefficient (Wildman–Crippen LogP) is 2.25. The van der Waals surface area contributed by atoms with Gasteiger partial charge in [-0.25, -0.2) is 0 Å². The Morgan fingerprint density at radius 3 is 2.96 bits per heavy atom. The highest BCUT2D eigenvalue weighted by Gasteiger charge is 2.29. The van der Waals surface area contributed by atoms with Crippen LogP contribution in [0.3, 0.4) is 0 Å². The maximum absolute atomic E-state index is 12.5. The quantitative estimate of drug-likeness (QED) is 0.891. The van der Waals surface area contributed by atoms with Crippen molar-refractivity contribution in [1.29, 1.82) is 0 Å². The highest BCUT2D eigenvalue weighted by atomic mass is 16.5. The van der Waals surface area contributed by atoms with Crippen LogP contribution in [0.1, 0.15) is 42.6 Å². The molecule has 1 N–H and O–H groups in total. The summed E-state index contributed by atoms with van der Waals surface area (Å²) < 4.78 is 5.87. The maximum atomic E-state index is 12.5. The zero-order chi connectivity index (χ0) is 17.8. The summed E-state index contributed by atoms with van der Waals surface area (Å²) in [5.74, 6) is 0.678. The molecule has 1 fully saturated rings. The molecule has 3 rings (SSSR count). The fourth-order valence-electron chi connectivity index (χ4n) is 3.92. The molecule has 0 spiro atoms. The number of carbonyl (C=O) groups is 2. The summed E-state index contributed by atoms with van der Waals surface area (Å²) in [4.78, 5) is 26.5. The van der Waals surface area contributed by atoms with Crippen LogP contribution in [0.2, 0.25) is 0 Å². The lowest BCUT2D eigenvalue weighted by atomic mass is 9.87. The number of nitrogens with one attached hydrogen (secondary N) is 1. The summed E-state index contributed by atoms with van der Waals surface area (Å²) in [6.07, 6.45) is 3.14. The number of rotatable bonds is 5. The van der Waals surface area contributed by atoms with Crippen molar-refractivity contribution < 1.29 is 14.3 Å². The third kappa shape index (κ3) is 4.21. The second-order valence-electron chi connectivity index (χ2n) is 7.42. The SMILES string of the molecule is CC(C)C1OCCCC1CNC(=O)CN1CCc2ccccc2C1=O. The third-order valence-corrected chi connectivity index (χ3v) is 5.23. The Balaban J connectivity index is 1.52. The number of ether oxygens (including phenoxy) is 1. The minimum atomic E-state index is -0.0826. The Labute approximate surface area is 149 Å². The normalized spacial score (nSPS) is 23.5. The van der Waals surface area contributed by atoms with Crippen LogP contribution in [-0.4, -0.2) is 49.1 Å². The standard InChI is InChI=1S/C20H28N2O3/c1-14(2)19-16(7-5-11-25-19)12-21-18(23)13-22-10-9-15-6-3-4-8-17(15)20(22)24/h3-4,6,8,14,16,19H,5,7,9-13H2,1-2H3,(H,21,23). The van der Waals surface area contributed by atoms with Crippen molar-refractivity contribution >= 4 is 11.8 Å². The van der Waals surface area contributed by atoms with Gasteiger partial charge in [0.15, 0.2) is 0 Å². The highest BCUT2D eigenvalue weighted by Crippen LogP contribution is 2.25. The van der Waals surface area contributed by atoms with Crippen LogP contribution in [0, 0.1) is 11.8 Å². The lowest BCUT2D eigenvalue weighted by Gasteiger charge is -2.34. The molecule has 2 aliphatic rings. The Morgan fingerprint density at radius 1 is 1.36 bits per heavy atom. The minimum Gasteiger partial charge on any atom is -0.378 e. The lowest BCUT2D eigenvalue weighted by molar-refractivity contribution is -0.122. The summed E-state index contributed by atoms with van der Waals surface area (Å²) in [5, 5.41) is 3.02. The molecule has 2 atom stereocenters. The number of nitrogens with zero attached hydrogens (tertiary/aromatic N) is 1. The van der Waals surface area contributed by atoms with Gasteiger partial charge in [-0.1, -0.05) is 32.0 Å². The number of hydrogen-bond acceptors (Lipinski definition) is 3. The molecule has 1 aromatic carbocycles. The van der Waals surface area contributed by atoms with Crippen LogP contribution < -0.4 is 5.32 Å². The Kier molecular flexibility index (Phi) is 5.74. The van der Waals surface area contributed by atoms with Crippen LogP contribution >= 0.6 is 0 Å². The van der Waals surface area contributed by atoms with Gasteiger partial charge in [0.25, 0.3) is 5.91 Å². The zero-order valence-electron chi connectivity index (χ0n) is 15.2. The molecule has 2 amide bonds. The molecule has 2 unspecified atom stereocenters. The van der Waals surface area contributed by atoms with Crippen molar-refractivity contribution in [2.75, 3.05) is 26.2 Å². The van der Waals surface area contributed by atoms with Crippen molar-refractivity contribution in [2.24, 2.45) is 11.8 Å². The van der Waals surface area contributed by atoms with E-state index in [1.54, 1.807) is 4.90 Å². The molecule has 0 bridgehead atoms. The van der Waals surface area contributed by atoms with E-state index >= 15 is 0 Å². The number of hydrogen-bond donors (Lipinski definition) is 1. The Hall–Kier alpha value is -1.88. The smallest absolute Gasteiger partial charge is 0.254 e. The number of amides is 2. The third-order valence-electron chi connectivity index (χ3n) is 5.23. The van der Waals surface area contributed by atoms with E-state index in [-0.39, 0.29) is 24.5 Å². The Bertz CT molecular complexity index is 629. The van der Waals surface area contributed by atoms with E-state index in [0.717, 1.165) is 37.0 Å². The fraction of sp³-hybridized carbons (Fsp3) is 0.600. The number of benzene rings is 1. The first kappa shape index (κ1) is 17.9. The largest absolute Gasteiger partial charge is 0.378 e. The van der Waals surface area contributed by atoms with E-state index in [4.69, 9.17) is 4.74 Å². The van der Waals surface area contributed by atoms with E-state index in [9.17, 15) is 9.59 Å². The van der Waals surface area contributed by atoms with E-state index in [0.29, 0.717) is 24.9 Å². The second kappa shape index (κ2) is 8.00. The molecule has 5 nitrogen and oxygen atoms in total. The van der Waals surface area contributed by atoms with Gasteiger partial charge in [0.05, 0.1) is 12.6 Å². The van der Waals surface area contributed by atoms with Gasteiger partial charge in [0, 0.05) is 31.2 Å².